The van der Waals surface area contributed by atoms with Gasteiger partial charge in [0, 0.05) is 11.4 Å². The molecule has 76 valence electrons. The van der Waals surface area contributed by atoms with Crippen LogP contribution in [-0.2, 0) is 9.59 Å². The number of carboxylic acid groups (broad SMARTS) is 1. The third-order valence-electron chi connectivity index (χ3n) is 2.41. The van der Waals surface area contributed by atoms with Crippen LogP contribution in [0.15, 0.2) is 10.6 Å². The van der Waals surface area contributed by atoms with E-state index in [9.17, 15) is 9.59 Å². The van der Waals surface area contributed by atoms with Gasteiger partial charge in [-0.3, -0.25) is 4.79 Å². The first kappa shape index (κ1) is 9.54. The fourth-order valence-corrected chi connectivity index (χ4v) is 2.64. The molecule has 0 aliphatic carbocycles. The predicted octanol–water partition coefficient (Wildman–Crippen LogP) is -0.377. The summed E-state index contributed by atoms with van der Waals surface area (Å²) in [6, 6.07) is -0.290. The van der Waals surface area contributed by atoms with Crippen molar-refractivity contribution in [1.29, 1.82) is 0 Å². The molecule has 2 N–H and O–H groups in total. The van der Waals surface area contributed by atoms with Crippen molar-refractivity contribution >= 4 is 22.8 Å². The van der Waals surface area contributed by atoms with E-state index in [2.05, 4.69) is 0 Å². The number of nitrogens with zero attached hydrogens (tertiary/aromatic N) is 1. The van der Waals surface area contributed by atoms with E-state index in [4.69, 9.17) is 10.2 Å². The van der Waals surface area contributed by atoms with Gasteiger partial charge in [-0.1, -0.05) is 0 Å². The Hall–Kier alpha value is -1.01. The van der Waals surface area contributed by atoms with E-state index in [-0.39, 0.29) is 28.4 Å². The lowest BCUT2D eigenvalue weighted by Gasteiger charge is -2.44. The lowest BCUT2D eigenvalue weighted by atomic mass is 10.0. The van der Waals surface area contributed by atoms with Gasteiger partial charge in [0.25, 0.3) is 0 Å². The molecule has 1 atom stereocenters. The lowest BCUT2D eigenvalue weighted by Crippen LogP contribution is -2.54. The zero-order valence-corrected chi connectivity index (χ0v) is 8.08. The van der Waals surface area contributed by atoms with Crippen molar-refractivity contribution in [2.75, 3.05) is 13.2 Å². The average Bonchev–Trinajstić information content (AvgIpc) is 2.06. The van der Waals surface area contributed by atoms with Crippen LogP contribution in [-0.4, -0.2) is 45.4 Å². The summed E-state index contributed by atoms with van der Waals surface area (Å²) < 4.78 is 0. The number of hydrogen-bond acceptors (Lipinski definition) is 5. The highest BCUT2D eigenvalue weighted by molar-refractivity contribution is 8.17. The van der Waals surface area contributed by atoms with Crippen LogP contribution in [0.5, 0.6) is 0 Å². The smallest absolute Gasteiger partial charge is 0.353 e. The molecule has 0 bridgehead atoms. The SMILES string of the molecule is O=C(O)C1=C(CO)SC(=O)C2CCN12. The molecule has 2 aliphatic heterocycles. The normalized spacial score (nSPS) is 25.9. The van der Waals surface area contributed by atoms with Crippen LogP contribution >= 0.6 is 11.8 Å². The summed E-state index contributed by atoms with van der Waals surface area (Å²) in [6.07, 6.45) is 0.710. The minimum absolute atomic E-state index is 0.0645. The van der Waals surface area contributed by atoms with E-state index in [1.165, 1.54) is 0 Å². The van der Waals surface area contributed by atoms with Gasteiger partial charge in [0.1, 0.15) is 11.7 Å². The molecule has 6 heteroatoms. The minimum atomic E-state index is -1.07. The highest BCUT2D eigenvalue weighted by Crippen LogP contribution is 2.38. The van der Waals surface area contributed by atoms with Gasteiger partial charge in [0.05, 0.1) is 6.61 Å². The first-order chi connectivity index (χ1) is 6.65. The van der Waals surface area contributed by atoms with Crippen LogP contribution in [0.4, 0.5) is 0 Å². The van der Waals surface area contributed by atoms with Gasteiger partial charge in [0.15, 0.2) is 0 Å². The number of carboxylic acids is 1. The number of aliphatic carboxylic acids is 1. The summed E-state index contributed by atoms with van der Waals surface area (Å²) in [6.45, 7) is 0.198. The fourth-order valence-electron chi connectivity index (χ4n) is 1.65. The van der Waals surface area contributed by atoms with E-state index in [1.54, 1.807) is 4.90 Å². The zero-order valence-electron chi connectivity index (χ0n) is 7.27. The number of fused-ring (bicyclic) bond motifs is 1. The van der Waals surface area contributed by atoms with Crippen molar-refractivity contribution in [2.24, 2.45) is 0 Å². The van der Waals surface area contributed by atoms with E-state index >= 15 is 0 Å². The van der Waals surface area contributed by atoms with Crippen LogP contribution in [0.1, 0.15) is 6.42 Å². The van der Waals surface area contributed by atoms with Gasteiger partial charge < -0.3 is 15.1 Å². The maximum Gasteiger partial charge on any atom is 0.353 e. The monoisotopic (exact) mass is 215 g/mol. The Morgan fingerprint density at radius 2 is 2.36 bits per heavy atom. The molecular weight excluding hydrogens is 206 g/mol. The Balaban J connectivity index is 2.38. The van der Waals surface area contributed by atoms with Gasteiger partial charge >= 0.3 is 5.97 Å². The molecule has 1 unspecified atom stereocenters. The topological polar surface area (TPSA) is 77.8 Å². The van der Waals surface area contributed by atoms with Gasteiger partial charge in [-0.05, 0) is 18.2 Å². The molecule has 0 aromatic heterocycles. The van der Waals surface area contributed by atoms with Gasteiger partial charge in [-0.2, -0.15) is 0 Å². The highest BCUT2D eigenvalue weighted by atomic mass is 32.2. The molecule has 0 spiro atoms. The Kier molecular flexibility index (Phi) is 2.24. The molecule has 1 saturated heterocycles. The quantitative estimate of drug-likeness (QED) is 0.654. The molecular formula is C8H9NO4S. The highest BCUT2D eigenvalue weighted by Gasteiger charge is 2.43. The Labute approximate surface area is 84.4 Å². The number of hydrogen-bond donors (Lipinski definition) is 2. The number of rotatable bonds is 2. The molecule has 0 saturated carbocycles. The minimum Gasteiger partial charge on any atom is -0.477 e. The maximum absolute atomic E-state index is 11.4. The van der Waals surface area contributed by atoms with E-state index < -0.39 is 5.97 Å². The molecule has 14 heavy (non-hydrogen) atoms. The van der Waals surface area contributed by atoms with E-state index in [0.717, 1.165) is 11.8 Å². The summed E-state index contributed by atoms with van der Waals surface area (Å²) in [5.41, 5.74) is 0.0911. The van der Waals surface area contributed by atoms with E-state index in [0.29, 0.717) is 13.0 Å². The first-order valence-corrected chi connectivity index (χ1v) is 5.02. The van der Waals surface area contributed by atoms with Crippen LogP contribution in [0.2, 0.25) is 0 Å². The molecule has 2 rings (SSSR count). The van der Waals surface area contributed by atoms with Crippen molar-refractivity contribution in [1.82, 2.24) is 4.90 Å². The molecule has 0 amide bonds. The number of carbonyl (C=O) groups excluding carboxylic acids is 1. The van der Waals surface area contributed by atoms with Crippen LogP contribution in [0, 0.1) is 0 Å². The van der Waals surface area contributed by atoms with Crippen molar-refractivity contribution in [3.63, 3.8) is 0 Å². The Morgan fingerprint density at radius 3 is 2.79 bits per heavy atom. The van der Waals surface area contributed by atoms with Crippen molar-refractivity contribution in [3.8, 4) is 0 Å². The standard InChI is InChI=1S/C8H9NO4S/c10-3-5-6(7(11)12)9-2-1-4(9)8(13)14-5/h4,10H,1-3H2,(H,11,12). The Morgan fingerprint density at radius 1 is 1.64 bits per heavy atom. The number of aliphatic hydroxyl groups is 1. The average molecular weight is 215 g/mol. The van der Waals surface area contributed by atoms with Gasteiger partial charge in [-0.25, -0.2) is 4.79 Å². The molecule has 2 heterocycles. The second-order valence-electron chi connectivity index (χ2n) is 3.15. The third kappa shape index (κ3) is 1.22. The second-order valence-corrected chi connectivity index (χ2v) is 4.25. The Bertz CT molecular complexity index is 338. The molecule has 5 nitrogen and oxygen atoms in total. The summed E-state index contributed by atoms with van der Waals surface area (Å²) in [7, 11) is 0. The molecule has 2 aliphatic rings. The summed E-state index contributed by atoms with van der Waals surface area (Å²) in [5, 5.41) is 17.8. The van der Waals surface area contributed by atoms with Crippen LogP contribution < -0.4 is 0 Å². The zero-order chi connectivity index (χ0) is 10.3. The van der Waals surface area contributed by atoms with E-state index in [1.807, 2.05) is 0 Å². The fraction of sp³-hybridized carbons (Fsp3) is 0.500. The second kappa shape index (κ2) is 3.29. The molecule has 0 aromatic rings. The van der Waals surface area contributed by atoms with Crippen molar-refractivity contribution in [3.05, 3.63) is 10.6 Å². The lowest BCUT2D eigenvalue weighted by molar-refractivity contribution is -0.136. The van der Waals surface area contributed by atoms with Crippen LogP contribution in [0.25, 0.3) is 0 Å². The largest absolute Gasteiger partial charge is 0.477 e. The summed E-state index contributed by atoms with van der Waals surface area (Å²) in [5.74, 6) is -1.07. The number of thioether (sulfide) groups is 1. The van der Waals surface area contributed by atoms with Crippen molar-refractivity contribution in [2.45, 2.75) is 12.5 Å². The summed E-state index contributed by atoms with van der Waals surface area (Å²) in [4.78, 5) is 24.1. The van der Waals surface area contributed by atoms with Gasteiger partial charge in [-0.15, -0.1) is 0 Å². The first-order valence-electron chi connectivity index (χ1n) is 4.20. The van der Waals surface area contributed by atoms with Gasteiger partial charge in [0.2, 0.25) is 5.12 Å². The molecule has 0 radical (unpaired) electrons. The summed E-state index contributed by atoms with van der Waals surface area (Å²) >= 11 is 0.854. The third-order valence-corrected chi connectivity index (χ3v) is 3.46. The number of carbonyl (C=O) groups is 2. The van der Waals surface area contributed by atoms with Crippen LogP contribution in [0.3, 0.4) is 0 Å². The molecule has 1 fully saturated rings. The molecule has 0 aromatic carbocycles. The number of aliphatic hydroxyl groups excluding tert-OH is 1. The maximum atomic E-state index is 11.4. The predicted molar refractivity (Wildman–Crippen MR) is 49.5 cm³/mol. The van der Waals surface area contributed by atoms with Crippen molar-refractivity contribution < 1.29 is 19.8 Å².